The lowest BCUT2D eigenvalue weighted by atomic mass is 10.2. The third kappa shape index (κ3) is 2.94. The summed E-state index contributed by atoms with van der Waals surface area (Å²) in [5.74, 6) is -1.50. The van der Waals surface area contributed by atoms with Crippen molar-refractivity contribution in [3.05, 3.63) is 40.9 Å². The first kappa shape index (κ1) is 15.2. The van der Waals surface area contributed by atoms with E-state index in [9.17, 15) is 19.5 Å². The summed E-state index contributed by atoms with van der Waals surface area (Å²) < 4.78 is 1.38. The molecule has 1 aliphatic rings. The Labute approximate surface area is 132 Å². The fourth-order valence-electron chi connectivity index (χ4n) is 2.94. The van der Waals surface area contributed by atoms with Gasteiger partial charge >= 0.3 is 0 Å². The zero-order chi connectivity index (χ0) is 16.4. The lowest BCUT2D eigenvalue weighted by molar-refractivity contribution is -0.310. The number of carbonyl (C=O) groups excluding carboxylic acids is 2. The average Bonchev–Trinajstić information content (AvgIpc) is 3.04. The summed E-state index contributed by atoms with van der Waals surface area (Å²) in [6.45, 7) is 0.591. The average molecular weight is 314 g/mol. The van der Waals surface area contributed by atoms with Crippen molar-refractivity contribution in [1.29, 1.82) is 0 Å². The first-order valence-electron chi connectivity index (χ1n) is 7.52. The number of hydrogen-bond donors (Lipinski definition) is 0. The fraction of sp³-hybridized carbons (Fsp3) is 0.375. The van der Waals surface area contributed by atoms with E-state index in [0.717, 1.165) is 0 Å². The van der Waals surface area contributed by atoms with Crippen molar-refractivity contribution in [2.75, 3.05) is 6.54 Å². The van der Waals surface area contributed by atoms with Crippen LogP contribution in [0.5, 0.6) is 0 Å². The van der Waals surface area contributed by atoms with Crippen LogP contribution in [-0.2, 0) is 16.1 Å². The minimum atomic E-state index is -1.22. The predicted octanol–water partition coefficient (Wildman–Crippen LogP) is -0.472. The van der Waals surface area contributed by atoms with Crippen LogP contribution in [0.4, 0.5) is 0 Å². The number of carboxylic acid groups (broad SMARTS) is 1. The van der Waals surface area contributed by atoms with E-state index in [-0.39, 0.29) is 24.4 Å². The van der Waals surface area contributed by atoms with Crippen molar-refractivity contribution in [3.63, 3.8) is 0 Å². The zero-order valence-corrected chi connectivity index (χ0v) is 12.5. The lowest BCUT2D eigenvalue weighted by Gasteiger charge is -2.25. The van der Waals surface area contributed by atoms with Gasteiger partial charge in [-0.3, -0.25) is 14.2 Å². The quantitative estimate of drug-likeness (QED) is 0.760. The Balaban J connectivity index is 1.73. The van der Waals surface area contributed by atoms with Crippen LogP contribution in [0.1, 0.15) is 19.3 Å². The number of para-hydroxylation sites is 1. The second-order valence-corrected chi connectivity index (χ2v) is 5.57. The minimum Gasteiger partial charge on any atom is -0.548 e. The van der Waals surface area contributed by atoms with Gasteiger partial charge in [0, 0.05) is 19.5 Å². The van der Waals surface area contributed by atoms with Gasteiger partial charge in [0.05, 0.1) is 29.2 Å². The maximum absolute atomic E-state index is 12.3. The number of hydrogen-bond acceptors (Lipinski definition) is 5. The molecule has 0 spiro atoms. The number of nitrogens with zero attached hydrogens (tertiary/aromatic N) is 3. The Morgan fingerprint density at radius 2 is 2.09 bits per heavy atom. The standard InChI is InChI=1S/C16H17N3O4/c20-14(19-8-3-6-13(19)16(22)23)7-9-18-10-17-12-5-2-1-4-11(12)15(18)21/h1-2,4-5,10,13H,3,6-9H2,(H,22,23)/p-1/t13-/m1/s1. The molecule has 0 saturated carbocycles. The van der Waals surface area contributed by atoms with Crippen LogP contribution >= 0.6 is 0 Å². The third-order valence-electron chi connectivity index (χ3n) is 4.14. The third-order valence-corrected chi connectivity index (χ3v) is 4.14. The number of fused-ring (bicyclic) bond motifs is 1. The molecule has 0 bridgehead atoms. The lowest BCUT2D eigenvalue weighted by Crippen LogP contribution is -2.47. The minimum absolute atomic E-state index is 0.0592. The number of likely N-dealkylation sites (tertiary alicyclic amines) is 1. The van der Waals surface area contributed by atoms with Crippen LogP contribution in [-0.4, -0.2) is 38.9 Å². The summed E-state index contributed by atoms with van der Waals surface area (Å²) in [6, 6.07) is 6.15. The first-order valence-corrected chi connectivity index (χ1v) is 7.52. The summed E-state index contributed by atoms with van der Waals surface area (Å²) in [4.78, 5) is 41.1. The van der Waals surface area contributed by atoms with Crippen LogP contribution in [0.3, 0.4) is 0 Å². The van der Waals surface area contributed by atoms with Gasteiger partial charge in [0.1, 0.15) is 0 Å². The number of aliphatic carboxylic acids is 1. The molecule has 7 heteroatoms. The molecule has 120 valence electrons. The molecule has 0 aliphatic carbocycles. The van der Waals surface area contributed by atoms with Gasteiger partial charge in [-0.1, -0.05) is 12.1 Å². The fourth-order valence-corrected chi connectivity index (χ4v) is 2.94. The molecule has 1 fully saturated rings. The van der Waals surface area contributed by atoms with Gasteiger partial charge < -0.3 is 14.8 Å². The molecule has 1 aromatic heterocycles. The highest BCUT2D eigenvalue weighted by atomic mass is 16.4. The van der Waals surface area contributed by atoms with E-state index in [0.29, 0.717) is 30.3 Å². The number of aryl methyl sites for hydroxylation is 1. The molecule has 1 aliphatic heterocycles. The molecule has 0 N–H and O–H groups in total. The molecule has 3 rings (SSSR count). The largest absolute Gasteiger partial charge is 0.548 e. The highest BCUT2D eigenvalue weighted by molar-refractivity contribution is 5.83. The van der Waals surface area contributed by atoms with Gasteiger partial charge in [-0.15, -0.1) is 0 Å². The van der Waals surface area contributed by atoms with Crippen LogP contribution in [0.15, 0.2) is 35.4 Å². The SMILES string of the molecule is O=C([O-])[C@H]1CCCN1C(=O)CCn1cnc2ccccc2c1=O. The van der Waals surface area contributed by atoms with E-state index in [4.69, 9.17) is 0 Å². The van der Waals surface area contributed by atoms with Crippen LogP contribution in [0.2, 0.25) is 0 Å². The van der Waals surface area contributed by atoms with Crippen molar-refractivity contribution in [2.24, 2.45) is 0 Å². The van der Waals surface area contributed by atoms with Gasteiger partial charge in [0.2, 0.25) is 5.91 Å². The van der Waals surface area contributed by atoms with Gasteiger partial charge in [0.15, 0.2) is 0 Å². The molecule has 23 heavy (non-hydrogen) atoms. The summed E-state index contributed by atoms with van der Waals surface area (Å²) >= 11 is 0. The molecule has 1 aromatic carbocycles. The van der Waals surface area contributed by atoms with Gasteiger partial charge in [0.25, 0.3) is 5.56 Å². The summed E-state index contributed by atoms with van der Waals surface area (Å²) in [6.07, 6.45) is 2.55. The number of benzene rings is 1. The second kappa shape index (κ2) is 6.20. The smallest absolute Gasteiger partial charge is 0.261 e. The van der Waals surface area contributed by atoms with Gasteiger partial charge in [-0.05, 0) is 25.0 Å². The highest BCUT2D eigenvalue weighted by Crippen LogP contribution is 2.17. The molecule has 2 aromatic rings. The Kier molecular flexibility index (Phi) is 4.10. The Bertz CT molecular complexity index is 814. The van der Waals surface area contributed by atoms with Crippen molar-refractivity contribution >= 4 is 22.8 Å². The molecule has 0 radical (unpaired) electrons. The van der Waals surface area contributed by atoms with E-state index in [1.54, 1.807) is 24.3 Å². The summed E-state index contributed by atoms with van der Waals surface area (Å²) in [7, 11) is 0. The zero-order valence-electron chi connectivity index (χ0n) is 12.5. The number of aromatic nitrogens is 2. The maximum atomic E-state index is 12.3. The molecular weight excluding hydrogens is 298 g/mol. The number of amides is 1. The predicted molar refractivity (Wildman–Crippen MR) is 80.4 cm³/mol. The molecule has 2 heterocycles. The Morgan fingerprint density at radius 3 is 2.87 bits per heavy atom. The van der Waals surface area contributed by atoms with Gasteiger partial charge in [-0.25, -0.2) is 4.98 Å². The summed E-state index contributed by atoms with van der Waals surface area (Å²) in [5, 5.41) is 11.5. The first-order chi connectivity index (χ1) is 11.1. The molecule has 1 saturated heterocycles. The summed E-state index contributed by atoms with van der Waals surface area (Å²) in [5.41, 5.74) is 0.401. The monoisotopic (exact) mass is 314 g/mol. The van der Waals surface area contributed by atoms with E-state index in [2.05, 4.69) is 4.98 Å². The number of carbonyl (C=O) groups is 2. The molecule has 0 unspecified atom stereocenters. The topological polar surface area (TPSA) is 95.3 Å². The second-order valence-electron chi connectivity index (χ2n) is 5.57. The Hall–Kier alpha value is -2.70. The van der Waals surface area contributed by atoms with E-state index >= 15 is 0 Å². The number of carboxylic acids is 1. The van der Waals surface area contributed by atoms with Crippen molar-refractivity contribution in [2.45, 2.75) is 31.8 Å². The van der Waals surface area contributed by atoms with E-state index < -0.39 is 12.0 Å². The molecule has 1 amide bonds. The molecule has 1 atom stereocenters. The van der Waals surface area contributed by atoms with Crippen molar-refractivity contribution in [3.8, 4) is 0 Å². The van der Waals surface area contributed by atoms with Crippen molar-refractivity contribution in [1.82, 2.24) is 14.5 Å². The molecular formula is C16H16N3O4-. The van der Waals surface area contributed by atoms with Gasteiger partial charge in [-0.2, -0.15) is 0 Å². The van der Waals surface area contributed by atoms with E-state index in [1.165, 1.54) is 15.8 Å². The maximum Gasteiger partial charge on any atom is 0.261 e. The highest BCUT2D eigenvalue weighted by Gasteiger charge is 2.29. The molecule has 7 nitrogen and oxygen atoms in total. The van der Waals surface area contributed by atoms with Crippen LogP contribution < -0.4 is 10.7 Å². The van der Waals surface area contributed by atoms with Crippen molar-refractivity contribution < 1.29 is 14.7 Å². The van der Waals surface area contributed by atoms with Crippen LogP contribution in [0, 0.1) is 0 Å². The number of rotatable bonds is 4. The normalized spacial score (nSPS) is 17.6. The van der Waals surface area contributed by atoms with E-state index in [1.807, 2.05) is 0 Å². The van der Waals surface area contributed by atoms with Crippen LogP contribution in [0.25, 0.3) is 10.9 Å². The Morgan fingerprint density at radius 1 is 1.30 bits per heavy atom.